The number of carbonyl (C=O) groups is 1. The molecule has 2 aromatic carbocycles. The molecule has 0 saturated heterocycles. The SMILES string of the molecule is C[C@H](O)c1ccc(NC(=O)c2cc(Br)ccc2Cl)cc1. The summed E-state index contributed by atoms with van der Waals surface area (Å²) in [7, 11) is 0. The van der Waals surface area contributed by atoms with Gasteiger partial charge in [-0.1, -0.05) is 39.7 Å². The maximum atomic E-state index is 12.1. The van der Waals surface area contributed by atoms with Crippen LogP contribution in [0.1, 0.15) is 28.9 Å². The molecule has 0 fully saturated rings. The van der Waals surface area contributed by atoms with Crippen molar-refractivity contribution >= 4 is 39.1 Å². The van der Waals surface area contributed by atoms with Crippen LogP contribution >= 0.6 is 27.5 Å². The number of rotatable bonds is 3. The van der Waals surface area contributed by atoms with Crippen molar-refractivity contribution in [2.45, 2.75) is 13.0 Å². The molecule has 0 heterocycles. The second-order valence-electron chi connectivity index (χ2n) is 4.38. The molecule has 3 nitrogen and oxygen atoms in total. The predicted molar refractivity (Wildman–Crippen MR) is 84.2 cm³/mol. The lowest BCUT2D eigenvalue weighted by Gasteiger charge is -2.09. The van der Waals surface area contributed by atoms with Crippen LogP contribution in [0.15, 0.2) is 46.9 Å². The summed E-state index contributed by atoms with van der Waals surface area (Å²) in [6.07, 6.45) is -0.528. The number of anilines is 1. The summed E-state index contributed by atoms with van der Waals surface area (Å²) in [5.74, 6) is -0.277. The number of carbonyl (C=O) groups excluding carboxylic acids is 1. The van der Waals surface area contributed by atoms with Crippen molar-refractivity contribution < 1.29 is 9.90 Å². The molecule has 2 aromatic rings. The minimum Gasteiger partial charge on any atom is -0.389 e. The number of aliphatic hydroxyl groups is 1. The largest absolute Gasteiger partial charge is 0.389 e. The van der Waals surface area contributed by atoms with Crippen molar-refractivity contribution in [3.05, 3.63) is 63.1 Å². The van der Waals surface area contributed by atoms with Crippen molar-refractivity contribution in [3.63, 3.8) is 0 Å². The van der Waals surface area contributed by atoms with Crippen LogP contribution in [-0.4, -0.2) is 11.0 Å². The van der Waals surface area contributed by atoms with E-state index >= 15 is 0 Å². The zero-order chi connectivity index (χ0) is 14.7. The van der Waals surface area contributed by atoms with E-state index in [0.717, 1.165) is 10.0 Å². The quantitative estimate of drug-likeness (QED) is 0.858. The number of aliphatic hydroxyl groups excluding tert-OH is 1. The van der Waals surface area contributed by atoms with Crippen LogP contribution in [0, 0.1) is 0 Å². The molecule has 2 rings (SSSR count). The number of amides is 1. The first-order chi connectivity index (χ1) is 9.47. The predicted octanol–water partition coefficient (Wildman–Crippen LogP) is 4.41. The molecule has 0 spiro atoms. The van der Waals surface area contributed by atoms with E-state index < -0.39 is 6.10 Å². The normalized spacial score (nSPS) is 12.0. The Kier molecular flexibility index (Phi) is 4.81. The van der Waals surface area contributed by atoms with E-state index in [4.69, 9.17) is 11.6 Å². The van der Waals surface area contributed by atoms with E-state index in [1.807, 2.05) is 0 Å². The molecule has 2 N–H and O–H groups in total. The summed E-state index contributed by atoms with van der Waals surface area (Å²) in [6, 6.07) is 12.1. The lowest BCUT2D eigenvalue weighted by molar-refractivity contribution is 0.102. The summed E-state index contributed by atoms with van der Waals surface area (Å²) in [4.78, 5) is 12.1. The standard InChI is InChI=1S/C15H13BrClNO2/c1-9(19)10-2-5-12(6-3-10)18-15(20)13-8-11(16)4-7-14(13)17/h2-9,19H,1H3,(H,18,20)/t9-/m0/s1. The van der Waals surface area contributed by atoms with Crippen LogP contribution in [0.25, 0.3) is 0 Å². The maximum absolute atomic E-state index is 12.1. The first kappa shape index (κ1) is 15.0. The van der Waals surface area contributed by atoms with Gasteiger partial charge < -0.3 is 10.4 Å². The second kappa shape index (κ2) is 6.39. The summed E-state index contributed by atoms with van der Waals surface area (Å²) in [5, 5.41) is 12.6. The van der Waals surface area contributed by atoms with Crippen LogP contribution in [0.3, 0.4) is 0 Å². The number of hydrogen-bond donors (Lipinski definition) is 2. The van der Waals surface area contributed by atoms with Crippen LogP contribution < -0.4 is 5.32 Å². The fourth-order valence-electron chi connectivity index (χ4n) is 1.71. The lowest BCUT2D eigenvalue weighted by atomic mass is 10.1. The van der Waals surface area contributed by atoms with Gasteiger partial charge in [0.05, 0.1) is 16.7 Å². The fourth-order valence-corrected chi connectivity index (χ4v) is 2.28. The Morgan fingerprint density at radius 1 is 1.25 bits per heavy atom. The Balaban J connectivity index is 2.17. The smallest absolute Gasteiger partial charge is 0.257 e. The van der Waals surface area contributed by atoms with Crippen molar-refractivity contribution in [2.75, 3.05) is 5.32 Å². The number of hydrogen-bond acceptors (Lipinski definition) is 2. The molecule has 0 aliphatic rings. The molecular formula is C15H13BrClNO2. The van der Waals surface area contributed by atoms with E-state index in [0.29, 0.717) is 16.3 Å². The monoisotopic (exact) mass is 353 g/mol. The average Bonchev–Trinajstić information content (AvgIpc) is 2.42. The molecule has 20 heavy (non-hydrogen) atoms. The third-order valence-electron chi connectivity index (χ3n) is 2.82. The molecule has 0 aromatic heterocycles. The van der Waals surface area contributed by atoms with Crippen LogP contribution in [0.4, 0.5) is 5.69 Å². The molecule has 1 atom stereocenters. The molecule has 104 valence electrons. The highest BCUT2D eigenvalue weighted by Crippen LogP contribution is 2.22. The molecule has 0 radical (unpaired) electrons. The first-order valence-corrected chi connectivity index (χ1v) is 7.19. The summed E-state index contributed by atoms with van der Waals surface area (Å²) in [5.41, 5.74) is 1.85. The molecule has 0 aliphatic heterocycles. The third kappa shape index (κ3) is 3.60. The number of halogens is 2. The van der Waals surface area contributed by atoms with Crippen molar-refractivity contribution in [1.29, 1.82) is 0 Å². The first-order valence-electron chi connectivity index (χ1n) is 6.02. The zero-order valence-corrected chi connectivity index (χ0v) is 13.1. The Hall–Kier alpha value is -1.36. The maximum Gasteiger partial charge on any atom is 0.257 e. The molecule has 0 unspecified atom stereocenters. The van der Waals surface area contributed by atoms with E-state index in [1.165, 1.54) is 0 Å². The minimum atomic E-state index is -0.528. The fraction of sp³-hybridized carbons (Fsp3) is 0.133. The van der Waals surface area contributed by atoms with Crippen LogP contribution in [-0.2, 0) is 0 Å². The molecule has 1 amide bonds. The van der Waals surface area contributed by atoms with E-state index in [1.54, 1.807) is 49.4 Å². The average molecular weight is 355 g/mol. The number of benzene rings is 2. The van der Waals surface area contributed by atoms with Gasteiger partial charge in [-0.3, -0.25) is 4.79 Å². The van der Waals surface area contributed by atoms with Gasteiger partial charge in [0.1, 0.15) is 0 Å². The van der Waals surface area contributed by atoms with Gasteiger partial charge in [0.2, 0.25) is 0 Å². The molecule has 5 heteroatoms. The van der Waals surface area contributed by atoms with Gasteiger partial charge in [0.25, 0.3) is 5.91 Å². The van der Waals surface area contributed by atoms with Gasteiger partial charge in [0, 0.05) is 10.2 Å². The minimum absolute atomic E-state index is 0.277. The molecular weight excluding hydrogens is 342 g/mol. The van der Waals surface area contributed by atoms with Crippen molar-refractivity contribution in [3.8, 4) is 0 Å². The highest BCUT2D eigenvalue weighted by atomic mass is 79.9. The molecule has 0 aliphatic carbocycles. The van der Waals surface area contributed by atoms with Gasteiger partial charge >= 0.3 is 0 Å². The van der Waals surface area contributed by atoms with E-state index in [2.05, 4.69) is 21.2 Å². The zero-order valence-electron chi connectivity index (χ0n) is 10.7. The summed E-state index contributed by atoms with van der Waals surface area (Å²) < 4.78 is 0.788. The van der Waals surface area contributed by atoms with Crippen LogP contribution in [0.2, 0.25) is 5.02 Å². The topological polar surface area (TPSA) is 49.3 Å². The van der Waals surface area contributed by atoms with Gasteiger partial charge in [-0.25, -0.2) is 0 Å². The number of nitrogens with one attached hydrogen (secondary N) is 1. The Labute approximate surface area is 130 Å². The van der Waals surface area contributed by atoms with E-state index in [-0.39, 0.29) is 5.91 Å². The molecule has 0 bridgehead atoms. The van der Waals surface area contributed by atoms with Gasteiger partial charge in [-0.05, 0) is 42.8 Å². The Morgan fingerprint density at radius 2 is 1.90 bits per heavy atom. The molecule has 0 saturated carbocycles. The second-order valence-corrected chi connectivity index (χ2v) is 5.70. The highest BCUT2D eigenvalue weighted by Gasteiger charge is 2.11. The van der Waals surface area contributed by atoms with Gasteiger partial charge in [-0.15, -0.1) is 0 Å². The summed E-state index contributed by atoms with van der Waals surface area (Å²) in [6.45, 7) is 1.69. The lowest BCUT2D eigenvalue weighted by Crippen LogP contribution is -2.12. The summed E-state index contributed by atoms with van der Waals surface area (Å²) >= 11 is 9.32. The van der Waals surface area contributed by atoms with Gasteiger partial charge in [-0.2, -0.15) is 0 Å². The Morgan fingerprint density at radius 3 is 2.50 bits per heavy atom. The Bertz CT molecular complexity index is 626. The third-order valence-corrected chi connectivity index (χ3v) is 3.65. The van der Waals surface area contributed by atoms with Crippen molar-refractivity contribution in [2.24, 2.45) is 0 Å². The van der Waals surface area contributed by atoms with Crippen LogP contribution in [0.5, 0.6) is 0 Å². The van der Waals surface area contributed by atoms with E-state index in [9.17, 15) is 9.90 Å². The highest BCUT2D eigenvalue weighted by molar-refractivity contribution is 9.10. The van der Waals surface area contributed by atoms with Crippen molar-refractivity contribution in [1.82, 2.24) is 0 Å². The van der Waals surface area contributed by atoms with Gasteiger partial charge in [0.15, 0.2) is 0 Å².